The average molecular weight is 778 g/mol. The summed E-state index contributed by atoms with van der Waals surface area (Å²) < 4.78 is 5.45. The van der Waals surface area contributed by atoms with Crippen LogP contribution in [0.2, 0.25) is 0 Å². The van der Waals surface area contributed by atoms with Gasteiger partial charge in [-0.2, -0.15) is 0 Å². The Morgan fingerprint density at radius 3 is 1.29 bits per heavy atom. The minimum atomic E-state index is -0.680. The molecule has 0 heterocycles. The lowest BCUT2D eigenvalue weighted by molar-refractivity contribution is -0.143. The van der Waals surface area contributed by atoms with Crippen LogP contribution in [-0.2, 0) is 14.3 Å². The summed E-state index contributed by atoms with van der Waals surface area (Å²) in [6.07, 6.45) is 50.2. The molecule has 1 amide bonds. The van der Waals surface area contributed by atoms with Crippen LogP contribution in [0.5, 0.6) is 0 Å². The highest BCUT2D eigenvalue weighted by Gasteiger charge is 2.20. The van der Waals surface area contributed by atoms with E-state index >= 15 is 0 Å². The van der Waals surface area contributed by atoms with E-state index < -0.39 is 12.1 Å². The van der Waals surface area contributed by atoms with Crippen molar-refractivity contribution in [3.63, 3.8) is 0 Å². The summed E-state index contributed by atoms with van der Waals surface area (Å²) in [5.74, 6) is -0.0953. The molecule has 3 N–H and O–H groups in total. The number of unbranched alkanes of at least 4 members (excludes halogenated alkanes) is 32. The quantitative estimate of drug-likeness (QED) is 0.0325. The van der Waals surface area contributed by atoms with Gasteiger partial charge in [-0.05, 0) is 51.4 Å². The summed E-state index contributed by atoms with van der Waals surface area (Å²) in [7, 11) is 0. The van der Waals surface area contributed by atoms with Crippen molar-refractivity contribution >= 4 is 11.9 Å². The minimum Gasteiger partial charge on any atom is -0.466 e. The molecule has 6 heteroatoms. The number of carbonyl (C=O) groups is 2. The van der Waals surface area contributed by atoms with Gasteiger partial charge in [-0.1, -0.05) is 212 Å². The highest BCUT2D eigenvalue weighted by atomic mass is 16.5. The number of esters is 1. The lowest BCUT2D eigenvalue weighted by Crippen LogP contribution is -2.45. The highest BCUT2D eigenvalue weighted by molar-refractivity contribution is 5.76. The number of carbonyl (C=O) groups excluding carboxylic acids is 2. The normalized spacial score (nSPS) is 12.7. The molecule has 0 saturated heterocycles. The standard InChI is InChI=1S/C49H95NO5/c1-3-5-7-9-11-13-15-17-18-19-21-23-27-31-35-39-43-49(54)55-44-40-36-32-28-24-26-30-34-38-42-48(53)50-46(45-51)47(52)41-37-33-29-25-22-20-16-14-12-10-8-6-4-2/h18-19,46-47,51-52H,3-17,20-45H2,1-2H3,(H,50,53)/b19-18-. The van der Waals surface area contributed by atoms with E-state index in [1.807, 2.05) is 0 Å². The van der Waals surface area contributed by atoms with Crippen LogP contribution in [0.3, 0.4) is 0 Å². The van der Waals surface area contributed by atoms with E-state index in [4.69, 9.17) is 4.74 Å². The van der Waals surface area contributed by atoms with Gasteiger partial charge in [0.1, 0.15) is 0 Å². The Balaban J connectivity index is 3.49. The molecule has 0 fully saturated rings. The van der Waals surface area contributed by atoms with Gasteiger partial charge < -0.3 is 20.3 Å². The van der Waals surface area contributed by atoms with E-state index in [0.717, 1.165) is 57.8 Å². The minimum absolute atomic E-state index is 0.0324. The molecule has 0 radical (unpaired) electrons. The Kier molecular flexibility index (Phi) is 44.2. The molecule has 2 atom stereocenters. The average Bonchev–Trinajstić information content (AvgIpc) is 3.18. The molecule has 0 aliphatic heterocycles. The molecule has 55 heavy (non-hydrogen) atoms. The number of rotatable bonds is 45. The van der Waals surface area contributed by atoms with E-state index in [1.54, 1.807) is 0 Å². The summed E-state index contributed by atoms with van der Waals surface area (Å²) in [6.45, 7) is 4.88. The summed E-state index contributed by atoms with van der Waals surface area (Å²) >= 11 is 0. The number of hydrogen-bond acceptors (Lipinski definition) is 5. The largest absolute Gasteiger partial charge is 0.466 e. The monoisotopic (exact) mass is 778 g/mol. The van der Waals surface area contributed by atoms with Gasteiger partial charge >= 0.3 is 5.97 Å². The number of aliphatic hydroxyl groups excluding tert-OH is 2. The van der Waals surface area contributed by atoms with Gasteiger partial charge in [0.05, 0.1) is 25.4 Å². The van der Waals surface area contributed by atoms with E-state index in [0.29, 0.717) is 25.9 Å². The molecular formula is C49H95NO5. The fourth-order valence-electron chi connectivity index (χ4n) is 7.51. The zero-order valence-electron chi connectivity index (χ0n) is 36.9. The van der Waals surface area contributed by atoms with Gasteiger partial charge in [0, 0.05) is 12.8 Å². The topological polar surface area (TPSA) is 95.9 Å². The molecule has 0 aliphatic carbocycles. The Hall–Kier alpha value is -1.40. The van der Waals surface area contributed by atoms with Gasteiger partial charge in [-0.25, -0.2) is 0 Å². The first-order chi connectivity index (χ1) is 27.0. The van der Waals surface area contributed by atoms with Crippen molar-refractivity contribution in [1.29, 1.82) is 0 Å². The molecule has 0 bridgehead atoms. The number of aliphatic hydroxyl groups is 2. The summed E-state index contributed by atoms with van der Waals surface area (Å²) in [6, 6.07) is -0.560. The van der Waals surface area contributed by atoms with Gasteiger partial charge in [-0.3, -0.25) is 9.59 Å². The zero-order chi connectivity index (χ0) is 40.1. The maximum Gasteiger partial charge on any atom is 0.305 e. The van der Waals surface area contributed by atoms with Gasteiger partial charge in [0.2, 0.25) is 5.91 Å². The van der Waals surface area contributed by atoms with Crippen molar-refractivity contribution in [3.8, 4) is 0 Å². The van der Waals surface area contributed by atoms with Gasteiger partial charge in [0.25, 0.3) is 0 Å². The maximum absolute atomic E-state index is 12.4. The fraction of sp³-hybridized carbons (Fsp3) is 0.918. The molecule has 0 spiro atoms. The Morgan fingerprint density at radius 1 is 0.491 bits per heavy atom. The molecule has 0 rings (SSSR count). The van der Waals surface area contributed by atoms with Crippen molar-refractivity contribution in [3.05, 3.63) is 12.2 Å². The van der Waals surface area contributed by atoms with Crippen LogP contribution in [0, 0.1) is 0 Å². The smallest absolute Gasteiger partial charge is 0.305 e. The number of ether oxygens (including phenoxy) is 1. The van der Waals surface area contributed by atoms with E-state index in [2.05, 4.69) is 31.3 Å². The van der Waals surface area contributed by atoms with Gasteiger partial charge in [-0.15, -0.1) is 0 Å². The third kappa shape index (κ3) is 42.0. The SMILES string of the molecule is CCCCCCCCC/C=C\CCCCCCCC(=O)OCCCCCCCCCCCC(=O)NC(CO)C(O)CCCCCCCCCCCCCCC. The lowest BCUT2D eigenvalue weighted by Gasteiger charge is -2.22. The van der Waals surface area contributed by atoms with Crippen LogP contribution < -0.4 is 5.32 Å². The van der Waals surface area contributed by atoms with E-state index in [1.165, 1.54) is 173 Å². The van der Waals surface area contributed by atoms with Crippen molar-refractivity contribution in [2.75, 3.05) is 13.2 Å². The number of amides is 1. The van der Waals surface area contributed by atoms with Gasteiger partial charge in [0.15, 0.2) is 0 Å². The zero-order valence-corrected chi connectivity index (χ0v) is 36.9. The predicted octanol–water partition coefficient (Wildman–Crippen LogP) is 14.2. The molecule has 2 unspecified atom stereocenters. The predicted molar refractivity (Wildman–Crippen MR) is 237 cm³/mol. The first-order valence-electron chi connectivity index (χ1n) is 24.4. The van der Waals surface area contributed by atoms with Crippen LogP contribution in [0.1, 0.15) is 264 Å². The number of hydrogen-bond donors (Lipinski definition) is 3. The molecule has 326 valence electrons. The molecule has 0 aromatic heterocycles. The van der Waals surface area contributed by atoms with Crippen LogP contribution in [-0.4, -0.2) is 47.4 Å². The summed E-state index contributed by atoms with van der Waals surface area (Å²) in [5, 5.41) is 23.1. The van der Waals surface area contributed by atoms with E-state index in [-0.39, 0.29) is 18.5 Å². The Morgan fingerprint density at radius 2 is 0.855 bits per heavy atom. The second-order valence-corrected chi connectivity index (χ2v) is 16.8. The molecule has 0 aromatic carbocycles. The molecule has 6 nitrogen and oxygen atoms in total. The fourth-order valence-corrected chi connectivity index (χ4v) is 7.51. The third-order valence-electron chi connectivity index (χ3n) is 11.3. The summed E-state index contributed by atoms with van der Waals surface area (Å²) in [5.41, 5.74) is 0. The van der Waals surface area contributed by atoms with Crippen molar-refractivity contribution in [2.45, 2.75) is 276 Å². The number of nitrogens with one attached hydrogen (secondary N) is 1. The molecule has 0 saturated carbocycles. The second-order valence-electron chi connectivity index (χ2n) is 16.8. The second kappa shape index (κ2) is 45.3. The summed E-state index contributed by atoms with van der Waals surface area (Å²) in [4.78, 5) is 24.4. The highest BCUT2D eigenvalue weighted by Crippen LogP contribution is 2.16. The van der Waals surface area contributed by atoms with Crippen LogP contribution in [0.25, 0.3) is 0 Å². The Labute approximate surface area is 342 Å². The van der Waals surface area contributed by atoms with Crippen LogP contribution >= 0.6 is 0 Å². The Bertz CT molecular complexity index is 817. The molecule has 0 aromatic rings. The molecular weight excluding hydrogens is 683 g/mol. The van der Waals surface area contributed by atoms with E-state index in [9.17, 15) is 19.8 Å². The van der Waals surface area contributed by atoms with Crippen molar-refractivity contribution in [2.24, 2.45) is 0 Å². The first-order valence-corrected chi connectivity index (χ1v) is 24.4. The van der Waals surface area contributed by atoms with Crippen LogP contribution in [0.15, 0.2) is 12.2 Å². The molecule has 0 aliphatic rings. The van der Waals surface area contributed by atoms with Crippen molar-refractivity contribution in [1.82, 2.24) is 5.32 Å². The lowest BCUT2D eigenvalue weighted by atomic mass is 10.0. The third-order valence-corrected chi connectivity index (χ3v) is 11.3. The maximum atomic E-state index is 12.4. The van der Waals surface area contributed by atoms with Crippen molar-refractivity contribution < 1.29 is 24.5 Å². The van der Waals surface area contributed by atoms with Crippen LogP contribution in [0.4, 0.5) is 0 Å². The number of allylic oxidation sites excluding steroid dienone is 2. The first kappa shape index (κ1) is 53.6.